The van der Waals surface area contributed by atoms with E-state index in [0.29, 0.717) is 5.69 Å². The summed E-state index contributed by atoms with van der Waals surface area (Å²) in [6, 6.07) is 10.1. The summed E-state index contributed by atoms with van der Waals surface area (Å²) in [6.45, 7) is 0. The van der Waals surface area contributed by atoms with Gasteiger partial charge in [-0.05, 0) is 23.8 Å². The fraction of sp³-hybridized carbons (Fsp3) is 0.0833. The first kappa shape index (κ1) is 10.9. The third-order valence-corrected chi connectivity index (χ3v) is 2.57. The second-order valence-corrected chi connectivity index (χ2v) is 3.60. The van der Waals surface area contributed by atoms with E-state index in [4.69, 9.17) is 5.26 Å². The molecule has 0 unspecified atom stereocenters. The van der Waals surface area contributed by atoms with Gasteiger partial charge in [-0.3, -0.25) is 10.1 Å². The molecule has 0 fully saturated rings. The Labute approximate surface area is 97.7 Å². The summed E-state index contributed by atoms with van der Waals surface area (Å²) < 4.78 is 1.72. The molecule has 0 N–H and O–H groups in total. The Kier molecular flexibility index (Phi) is 2.63. The zero-order valence-corrected chi connectivity index (χ0v) is 9.12. The van der Waals surface area contributed by atoms with Crippen molar-refractivity contribution in [1.29, 1.82) is 5.26 Å². The molecular formula is C12H9N3O2. The summed E-state index contributed by atoms with van der Waals surface area (Å²) in [5.41, 5.74) is 2.17. The van der Waals surface area contributed by atoms with Crippen LogP contribution in [0.5, 0.6) is 0 Å². The van der Waals surface area contributed by atoms with Gasteiger partial charge < -0.3 is 4.57 Å². The lowest BCUT2D eigenvalue weighted by Gasteiger charge is -2.00. The fourth-order valence-electron chi connectivity index (χ4n) is 1.66. The SMILES string of the molecule is Cn1ccc(-c2ccc([N+](=O)[O-])cc2)c1C#N. The van der Waals surface area contributed by atoms with Crippen LogP contribution >= 0.6 is 0 Å². The van der Waals surface area contributed by atoms with Crippen molar-refractivity contribution < 1.29 is 4.92 Å². The van der Waals surface area contributed by atoms with Crippen LogP contribution in [0.2, 0.25) is 0 Å². The van der Waals surface area contributed by atoms with Gasteiger partial charge in [0.15, 0.2) is 0 Å². The quantitative estimate of drug-likeness (QED) is 0.584. The molecule has 0 aliphatic carbocycles. The smallest absolute Gasteiger partial charge is 0.269 e. The molecule has 0 amide bonds. The lowest BCUT2D eigenvalue weighted by Crippen LogP contribution is -1.91. The van der Waals surface area contributed by atoms with Gasteiger partial charge in [-0.15, -0.1) is 0 Å². The monoisotopic (exact) mass is 227 g/mol. The molecule has 0 aliphatic heterocycles. The number of nitro groups is 1. The summed E-state index contributed by atoms with van der Waals surface area (Å²) >= 11 is 0. The third-order valence-electron chi connectivity index (χ3n) is 2.57. The zero-order valence-electron chi connectivity index (χ0n) is 9.12. The molecule has 0 radical (unpaired) electrons. The number of aromatic nitrogens is 1. The Balaban J connectivity index is 2.47. The van der Waals surface area contributed by atoms with Crippen LogP contribution in [0.1, 0.15) is 5.69 Å². The van der Waals surface area contributed by atoms with Gasteiger partial charge in [0.1, 0.15) is 11.8 Å². The topological polar surface area (TPSA) is 71.9 Å². The highest BCUT2D eigenvalue weighted by atomic mass is 16.6. The molecule has 2 rings (SSSR count). The van der Waals surface area contributed by atoms with Gasteiger partial charge in [0.2, 0.25) is 0 Å². The number of rotatable bonds is 2. The minimum atomic E-state index is -0.444. The molecule has 84 valence electrons. The summed E-state index contributed by atoms with van der Waals surface area (Å²) in [4.78, 5) is 10.1. The lowest BCUT2D eigenvalue weighted by atomic mass is 10.1. The number of nitrogens with zero attached hydrogens (tertiary/aromatic N) is 3. The Hall–Kier alpha value is -2.61. The molecule has 0 saturated carbocycles. The first-order valence-corrected chi connectivity index (χ1v) is 4.93. The largest absolute Gasteiger partial charge is 0.342 e. The molecule has 5 heteroatoms. The van der Waals surface area contributed by atoms with E-state index >= 15 is 0 Å². The summed E-state index contributed by atoms with van der Waals surface area (Å²) in [5, 5.41) is 19.5. The molecule has 0 aliphatic rings. The lowest BCUT2D eigenvalue weighted by molar-refractivity contribution is -0.384. The van der Waals surface area contributed by atoms with E-state index in [2.05, 4.69) is 6.07 Å². The second-order valence-electron chi connectivity index (χ2n) is 3.60. The Morgan fingerprint density at radius 3 is 2.47 bits per heavy atom. The molecule has 17 heavy (non-hydrogen) atoms. The molecule has 1 aromatic heterocycles. The number of nitro benzene ring substituents is 1. The van der Waals surface area contributed by atoms with E-state index in [1.165, 1.54) is 12.1 Å². The molecule has 5 nitrogen and oxygen atoms in total. The van der Waals surface area contributed by atoms with E-state index in [1.807, 2.05) is 6.07 Å². The van der Waals surface area contributed by atoms with Gasteiger partial charge >= 0.3 is 0 Å². The third kappa shape index (κ3) is 1.88. The van der Waals surface area contributed by atoms with Crippen molar-refractivity contribution in [2.75, 3.05) is 0 Å². The predicted molar refractivity (Wildman–Crippen MR) is 62.2 cm³/mol. The van der Waals surface area contributed by atoms with Crippen LogP contribution in [0.4, 0.5) is 5.69 Å². The van der Waals surface area contributed by atoms with Crippen LogP contribution in [-0.4, -0.2) is 9.49 Å². The Morgan fingerprint density at radius 1 is 1.29 bits per heavy atom. The van der Waals surface area contributed by atoms with Gasteiger partial charge in [0, 0.05) is 30.9 Å². The van der Waals surface area contributed by atoms with Crippen molar-refractivity contribution in [2.24, 2.45) is 7.05 Å². The van der Waals surface area contributed by atoms with Crippen LogP contribution in [0.15, 0.2) is 36.5 Å². The molecule has 0 spiro atoms. The number of nitriles is 1. The van der Waals surface area contributed by atoms with Crippen molar-refractivity contribution >= 4 is 5.69 Å². The normalized spacial score (nSPS) is 9.88. The molecule has 0 atom stereocenters. The van der Waals surface area contributed by atoms with Crippen molar-refractivity contribution in [3.63, 3.8) is 0 Å². The zero-order chi connectivity index (χ0) is 12.4. The highest BCUT2D eigenvalue weighted by Crippen LogP contribution is 2.25. The second kappa shape index (κ2) is 4.10. The van der Waals surface area contributed by atoms with Crippen molar-refractivity contribution in [2.45, 2.75) is 0 Å². The maximum Gasteiger partial charge on any atom is 0.269 e. The van der Waals surface area contributed by atoms with Crippen LogP contribution < -0.4 is 0 Å². The molecule has 2 aromatic rings. The number of benzene rings is 1. The van der Waals surface area contributed by atoms with Crippen LogP contribution in [0.3, 0.4) is 0 Å². The van der Waals surface area contributed by atoms with Crippen molar-refractivity contribution in [3.05, 3.63) is 52.3 Å². The number of aryl methyl sites for hydroxylation is 1. The van der Waals surface area contributed by atoms with Crippen LogP contribution in [0, 0.1) is 21.4 Å². The minimum Gasteiger partial charge on any atom is -0.342 e. The maximum atomic E-state index is 10.5. The summed E-state index contributed by atoms with van der Waals surface area (Å²) in [6.07, 6.45) is 1.79. The van der Waals surface area contributed by atoms with E-state index in [1.54, 1.807) is 29.9 Å². The first-order chi connectivity index (χ1) is 8.13. The van der Waals surface area contributed by atoms with Gasteiger partial charge in [-0.1, -0.05) is 0 Å². The van der Waals surface area contributed by atoms with Crippen LogP contribution in [0.25, 0.3) is 11.1 Å². The highest BCUT2D eigenvalue weighted by Gasteiger charge is 2.10. The number of non-ortho nitro benzene ring substituents is 1. The average Bonchev–Trinajstić information content (AvgIpc) is 2.70. The van der Waals surface area contributed by atoms with Gasteiger partial charge in [0.05, 0.1) is 4.92 Å². The van der Waals surface area contributed by atoms with Gasteiger partial charge in [0.25, 0.3) is 5.69 Å². The van der Waals surface area contributed by atoms with E-state index in [-0.39, 0.29) is 5.69 Å². The number of hydrogen-bond acceptors (Lipinski definition) is 3. The first-order valence-electron chi connectivity index (χ1n) is 4.93. The van der Waals surface area contributed by atoms with Crippen molar-refractivity contribution in [3.8, 4) is 17.2 Å². The molecule has 1 heterocycles. The molecule has 0 saturated heterocycles. The maximum absolute atomic E-state index is 10.5. The van der Waals surface area contributed by atoms with E-state index in [0.717, 1.165) is 11.1 Å². The molecule has 1 aromatic carbocycles. The van der Waals surface area contributed by atoms with Crippen LogP contribution in [-0.2, 0) is 7.05 Å². The average molecular weight is 227 g/mol. The summed E-state index contributed by atoms with van der Waals surface area (Å²) in [7, 11) is 1.79. The Bertz CT molecular complexity index is 606. The van der Waals surface area contributed by atoms with Gasteiger partial charge in [-0.25, -0.2) is 0 Å². The summed E-state index contributed by atoms with van der Waals surface area (Å²) in [5.74, 6) is 0. The molecule has 0 bridgehead atoms. The van der Waals surface area contributed by atoms with Gasteiger partial charge in [-0.2, -0.15) is 5.26 Å². The van der Waals surface area contributed by atoms with E-state index in [9.17, 15) is 10.1 Å². The standard InChI is InChI=1S/C12H9N3O2/c1-14-7-6-11(12(14)8-13)9-2-4-10(5-3-9)15(16)17/h2-7H,1H3. The fourth-order valence-corrected chi connectivity index (χ4v) is 1.66. The van der Waals surface area contributed by atoms with E-state index < -0.39 is 4.92 Å². The highest BCUT2D eigenvalue weighted by molar-refractivity contribution is 5.70. The number of hydrogen-bond donors (Lipinski definition) is 0. The van der Waals surface area contributed by atoms with Crippen molar-refractivity contribution in [1.82, 2.24) is 4.57 Å². The predicted octanol–water partition coefficient (Wildman–Crippen LogP) is 2.47. The molecular weight excluding hydrogens is 218 g/mol. The minimum absolute atomic E-state index is 0.0446. The Morgan fingerprint density at radius 2 is 1.94 bits per heavy atom.